The largest absolute Gasteiger partial charge is 0.397 e. The highest BCUT2D eigenvalue weighted by molar-refractivity contribution is 7.13. The van der Waals surface area contributed by atoms with Crippen molar-refractivity contribution in [2.75, 3.05) is 24.3 Å². The van der Waals surface area contributed by atoms with Gasteiger partial charge in [-0.15, -0.1) is 11.3 Å². The lowest BCUT2D eigenvalue weighted by Gasteiger charge is -2.14. The lowest BCUT2D eigenvalue weighted by molar-refractivity contribution is -0.0440. The van der Waals surface area contributed by atoms with E-state index in [0.717, 1.165) is 27.5 Å². The Morgan fingerprint density at radius 2 is 2.00 bits per heavy atom. The van der Waals surface area contributed by atoms with Crippen LogP contribution < -0.4 is 11.1 Å². The maximum absolute atomic E-state index is 6.19. The molecule has 0 amide bonds. The maximum Gasteiger partial charge on any atom is 0.184 e. The first-order valence-corrected chi connectivity index (χ1v) is 8.57. The van der Waals surface area contributed by atoms with Crippen LogP contribution in [-0.4, -0.2) is 18.2 Å². The molecule has 3 aromatic rings. The number of hydrogen-bond acceptors (Lipinski definition) is 6. The zero-order valence-corrected chi connectivity index (χ0v) is 13.8. The van der Waals surface area contributed by atoms with E-state index >= 15 is 0 Å². The molecule has 1 fully saturated rings. The Labute approximate surface area is 144 Å². The molecule has 2 heterocycles. The highest BCUT2D eigenvalue weighted by Gasteiger charge is 2.18. The first kappa shape index (κ1) is 15.1. The standard InChI is InChI=1S/C18H17N3O2S/c19-15-11-13(18-22-7-8-23-18)4-5-16(15)21-14-3-1-2-12(10-14)17-20-6-9-24-17/h1-6,9-11,18,21H,7-8,19H2. The monoisotopic (exact) mass is 339 g/mol. The summed E-state index contributed by atoms with van der Waals surface area (Å²) in [6, 6.07) is 13.9. The first-order chi connectivity index (χ1) is 11.8. The van der Waals surface area contributed by atoms with Gasteiger partial charge in [0.05, 0.1) is 24.6 Å². The molecule has 0 radical (unpaired) electrons. The highest BCUT2D eigenvalue weighted by atomic mass is 32.1. The number of aromatic nitrogens is 1. The fraction of sp³-hybridized carbons (Fsp3) is 0.167. The predicted molar refractivity (Wildman–Crippen MR) is 96.3 cm³/mol. The fourth-order valence-corrected chi connectivity index (χ4v) is 3.28. The van der Waals surface area contributed by atoms with Gasteiger partial charge in [-0.05, 0) is 24.3 Å². The van der Waals surface area contributed by atoms with Crippen LogP contribution in [0.4, 0.5) is 17.1 Å². The minimum Gasteiger partial charge on any atom is -0.397 e. The summed E-state index contributed by atoms with van der Waals surface area (Å²) < 4.78 is 11.0. The molecule has 3 N–H and O–H groups in total. The third-order valence-corrected chi connectivity index (χ3v) is 4.61. The Bertz CT molecular complexity index is 830. The molecular weight excluding hydrogens is 322 g/mol. The Morgan fingerprint density at radius 1 is 1.12 bits per heavy atom. The lowest BCUT2D eigenvalue weighted by atomic mass is 10.1. The summed E-state index contributed by atoms with van der Waals surface area (Å²) in [5.41, 5.74) is 10.7. The Hall–Kier alpha value is -2.41. The van der Waals surface area contributed by atoms with E-state index < -0.39 is 0 Å². The van der Waals surface area contributed by atoms with Crippen LogP contribution in [0.15, 0.2) is 54.0 Å². The van der Waals surface area contributed by atoms with Crippen molar-refractivity contribution in [1.29, 1.82) is 0 Å². The second-order valence-corrected chi connectivity index (χ2v) is 6.36. The summed E-state index contributed by atoms with van der Waals surface area (Å²) in [6.45, 7) is 1.24. The third-order valence-electron chi connectivity index (χ3n) is 3.79. The van der Waals surface area contributed by atoms with E-state index in [1.165, 1.54) is 0 Å². The number of nitrogens with one attached hydrogen (secondary N) is 1. The molecular formula is C18H17N3O2S. The smallest absolute Gasteiger partial charge is 0.184 e. The van der Waals surface area contributed by atoms with Crippen molar-refractivity contribution in [2.24, 2.45) is 0 Å². The number of nitrogens with zero attached hydrogens (tertiary/aromatic N) is 1. The maximum atomic E-state index is 6.19. The number of nitrogens with two attached hydrogens (primary N) is 1. The van der Waals surface area contributed by atoms with Crippen molar-refractivity contribution in [3.8, 4) is 10.6 Å². The van der Waals surface area contributed by atoms with Crippen molar-refractivity contribution in [2.45, 2.75) is 6.29 Å². The Kier molecular flexibility index (Phi) is 4.17. The van der Waals surface area contributed by atoms with Crippen molar-refractivity contribution in [3.05, 3.63) is 59.6 Å². The second-order valence-electron chi connectivity index (χ2n) is 5.46. The zero-order valence-electron chi connectivity index (χ0n) is 12.9. The number of thiazole rings is 1. The molecule has 4 rings (SSSR count). The Balaban J connectivity index is 1.56. The van der Waals surface area contributed by atoms with Gasteiger partial charge in [-0.1, -0.05) is 18.2 Å². The van der Waals surface area contributed by atoms with Gasteiger partial charge in [-0.3, -0.25) is 0 Å². The highest BCUT2D eigenvalue weighted by Crippen LogP contribution is 2.31. The summed E-state index contributed by atoms with van der Waals surface area (Å²) in [4.78, 5) is 4.35. The molecule has 24 heavy (non-hydrogen) atoms. The molecule has 0 bridgehead atoms. The molecule has 1 saturated heterocycles. The average molecular weight is 339 g/mol. The quantitative estimate of drug-likeness (QED) is 0.698. The van der Waals surface area contributed by atoms with Gasteiger partial charge in [0.1, 0.15) is 5.01 Å². The van der Waals surface area contributed by atoms with Crippen molar-refractivity contribution >= 4 is 28.4 Å². The number of hydrogen-bond donors (Lipinski definition) is 2. The number of ether oxygens (including phenoxy) is 2. The summed E-state index contributed by atoms with van der Waals surface area (Å²) in [6.07, 6.45) is 1.50. The molecule has 1 aliphatic rings. The van der Waals surface area contributed by atoms with E-state index in [2.05, 4.69) is 16.4 Å². The SMILES string of the molecule is Nc1cc(C2OCCO2)ccc1Nc1cccc(-c2nccs2)c1. The molecule has 0 aliphatic carbocycles. The van der Waals surface area contributed by atoms with Gasteiger partial charge < -0.3 is 20.5 Å². The van der Waals surface area contributed by atoms with Gasteiger partial charge in [0, 0.05) is 28.4 Å². The third kappa shape index (κ3) is 3.12. The topological polar surface area (TPSA) is 69.4 Å². The molecule has 6 heteroatoms. The van der Waals surface area contributed by atoms with Crippen LogP contribution in [0.5, 0.6) is 0 Å². The van der Waals surface area contributed by atoms with E-state index in [0.29, 0.717) is 18.9 Å². The van der Waals surface area contributed by atoms with E-state index in [-0.39, 0.29) is 6.29 Å². The summed E-state index contributed by atoms with van der Waals surface area (Å²) in [5.74, 6) is 0. The molecule has 0 saturated carbocycles. The van der Waals surface area contributed by atoms with Crippen LogP contribution in [-0.2, 0) is 9.47 Å². The van der Waals surface area contributed by atoms with Crippen LogP contribution in [0.25, 0.3) is 10.6 Å². The van der Waals surface area contributed by atoms with Crippen molar-refractivity contribution in [3.63, 3.8) is 0 Å². The molecule has 122 valence electrons. The summed E-state index contributed by atoms with van der Waals surface area (Å²) in [7, 11) is 0. The number of anilines is 3. The van der Waals surface area contributed by atoms with E-state index in [1.807, 2.05) is 48.0 Å². The minimum atomic E-state index is -0.311. The Morgan fingerprint density at radius 3 is 2.75 bits per heavy atom. The summed E-state index contributed by atoms with van der Waals surface area (Å²) >= 11 is 1.62. The van der Waals surface area contributed by atoms with Crippen LogP contribution in [0.3, 0.4) is 0 Å². The molecule has 2 aromatic carbocycles. The normalized spacial score (nSPS) is 14.8. The first-order valence-electron chi connectivity index (χ1n) is 7.69. The van der Waals surface area contributed by atoms with E-state index in [4.69, 9.17) is 15.2 Å². The molecule has 0 unspecified atom stereocenters. The van der Waals surface area contributed by atoms with Crippen LogP contribution in [0.1, 0.15) is 11.9 Å². The van der Waals surface area contributed by atoms with Gasteiger partial charge in [0.2, 0.25) is 0 Å². The predicted octanol–water partition coefficient (Wildman–Crippen LogP) is 4.18. The molecule has 5 nitrogen and oxygen atoms in total. The minimum absolute atomic E-state index is 0.311. The molecule has 1 aromatic heterocycles. The van der Waals surface area contributed by atoms with Gasteiger partial charge in [-0.2, -0.15) is 0 Å². The van der Waals surface area contributed by atoms with Crippen LogP contribution in [0, 0.1) is 0 Å². The molecule has 0 spiro atoms. The van der Waals surface area contributed by atoms with Crippen LogP contribution >= 0.6 is 11.3 Å². The van der Waals surface area contributed by atoms with Crippen LogP contribution in [0.2, 0.25) is 0 Å². The van der Waals surface area contributed by atoms with Gasteiger partial charge >= 0.3 is 0 Å². The van der Waals surface area contributed by atoms with Crippen molar-refractivity contribution < 1.29 is 9.47 Å². The van der Waals surface area contributed by atoms with Gasteiger partial charge in [0.15, 0.2) is 6.29 Å². The number of nitrogen functional groups attached to an aromatic ring is 1. The zero-order chi connectivity index (χ0) is 16.4. The second kappa shape index (κ2) is 6.60. The summed E-state index contributed by atoms with van der Waals surface area (Å²) in [5, 5.41) is 6.33. The van der Waals surface area contributed by atoms with Gasteiger partial charge in [-0.25, -0.2) is 4.98 Å². The average Bonchev–Trinajstić information content (AvgIpc) is 3.31. The number of benzene rings is 2. The van der Waals surface area contributed by atoms with E-state index in [1.54, 1.807) is 11.3 Å². The number of rotatable bonds is 4. The van der Waals surface area contributed by atoms with E-state index in [9.17, 15) is 0 Å². The molecule has 1 aliphatic heterocycles. The molecule has 0 atom stereocenters. The van der Waals surface area contributed by atoms with Crippen molar-refractivity contribution in [1.82, 2.24) is 4.98 Å². The fourth-order valence-electron chi connectivity index (χ4n) is 2.64. The van der Waals surface area contributed by atoms with Gasteiger partial charge in [0.25, 0.3) is 0 Å². The lowest BCUT2D eigenvalue weighted by Crippen LogP contribution is -2.02.